The highest BCUT2D eigenvalue weighted by atomic mass is 16.7. The van der Waals surface area contributed by atoms with Gasteiger partial charge in [-0.05, 0) is 66.0 Å². The van der Waals surface area contributed by atoms with E-state index in [9.17, 15) is 34.2 Å². The van der Waals surface area contributed by atoms with Gasteiger partial charge in [-0.15, -0.1) is 0 Å². The van der Waals surface area contributed by atoms with Gasteiger partial charge in [0.05, 0.1) is 36.9 Å². The van der Waals surface area contributed by atoms with Crippen molar-refractivity contribution < 1.29 is 76.8 Å². The molecule has 16 atom stereocenters. The zero-order chi connectivity index (χ0) is 46.5. The fourth-order valence-electron chi connectivity index (χ4n) is 8.41. The van der Waals surface area contributed by atoms with Gasteiger partial charge in [0.1, 0.15) is 36.3 Å². The molecule has 3 aliphatic heterocycles. The number of aliphatic hydroxyl groups excluding tert-OH is 1. The van der Waals surface area contributed by atoms with Crippen LogP contribution >= 0.6 is 0 Å². The SMILES string of the molecule is CCC(=O)O[C@H]1C(OC2[C@@H](CC=O)C[C@@H](C)[C@@H](O)C=CC=CC[C@@H](C)OC(=O)C[C@@H](OC(C)=O)[C@@H]2OC)OC(C)[C@@H](OC2C[C@@](C)(O)[C@@H](OC(=O)CC(C)C)[C@H](C)O2)[C@@H]1N(C)C. The van der Waals surface area contributed by atoms with Crippen LogP contribution in [0, 0.1) is 17.8 Å². The van der Waals surface area contributed by atoms with E-state index in [-0.39, 0.29) is 38.0 Å². The van der Waals surface area contributed by atoms with Crippen molar-refractivity contribution in [3.63, 3.8) is 0 Å². The number of aldehydes is 1. The first kappa shape index (κ1) is 53.1. The Morgan fingerprint density at radius 3 is 2.24 bits per heavy atom. The Hall–Kier alpha value is -3.29. The molecule has 62 heavy (non-hydrogen) atoms. The minimum Gasteiger partial charge on any atom is -0.462 e. The Morgan fingerprint density at radius 2 is 1.66 bits per heavy atom. The molecule has 0 aliphatic carbocycles. The number of allylic oxidation sites excluding steroid dienone is 2. The molecule has 0 saturated carbocycles. The van der Waals surface area contributed by atoms with E-state index in [0.29, 0.717) is 12.7 Å². The summed E-state index contributed by atoms with van der Waals surface area (Å²) in [6.07, 6.45) is -4.36. The Morgan fingerprint density at radius 1 is 0.968 bits per heavy atom. The molecule has 2 fully saturated rings. The number of methoxy groups -OCH3 is 1. The second-order valence-corrected chi connectivity index (χ2v) is 17.8. The Balaban J connectivity index is 2.10. The lowest BCUT2D eigenvalue weighted by atomic mass is 9.82. The van der Waals surface area contributed by atoms with Crippen LogP contribution < -0.4 is 0 Å². The number of ether oxygens (including phenoxy) is 9. The summed E-state index contributed by atoms with van der Waals surface area (Å²) in [7, 11) is 4.89. The Bertz CT molecular complexity index is 1520. The van der Waals surface area contributed by atoms with Crippen molar-refractivity contribution in [1.29, 1.82) is 0 Å². The maximum atomic E-state index is 13.4. The van der Waals surface area contributed by atoms with Gasteiger partial charge in [-0.2, -0.15) is 0 Å². The third-order valence-electron chi connectivity index (χ3n) is 11.4. The highest BCUT2D eigenvalue weighted by Gasteiger charge is 2.54. The van der Waals surface area contributed by atoms with Crippen molar-refractivity contribution in [3.8, 4) is 0 Å². The summed E-state index contributed by atoms with van der Waals surface area (Å²) in [5.41, 5.74) is -1.53. The summed E-state index contributed by atoms with van der Waals surface area (Å²) in [6, 6.07) is -0.777. The fourth-order valence-corrected chi connectivity index (χ4v) is 8.41. The van der Waals surface area contributed by atoms with E-state index in [1.807, 2.05) is 20.8 Å². The minimum absolute atomic E-state index is 0.00145. The van der Waals surface area contributed by atoms with Crippen molar-refractivity contribution in [1.82, 2.24) is 4.90 Å². The van der Waals surface area contributed by atoms with Gasteiger partial charge < -0.3 is 62.5 Å². The molecule has 17 nitrogen and oxygen atoms in total. The second kappa shape index (κ2) is 24.7. The number of carbonyl (C=O) groups excluding carboxylic acids is 5. The minimum atomic E-state index is -1.53. The molecular formula is C45H73NO16. The molecule has 3 heterocycles. The zero-order valence-electron chi connectivity index (χ0n) is 38.6. The van der Waals surface area contributed by atoms with Gasteiger partial charge in [0.25, 0.3) is 0 Å². The number of hydrogen-bond donors (Lipinski definition) is 2. The molecule has 4 unspecified atom stereocenters. The van der Waals surface area contributed by atoms with Gasteiger partial charge in [0, 0.05) is 46.1 Å². The monoisotopic (exact) mass is 883 g/mol. The topological polar surface area (TPSA) is 212 Å². The van der Waals surface area contributed by atoms with Crippen LogP contribution in [0.4, 0.5) is 0 Å². The summed E-state index contributed by atoms with van der Waals surface area (Å²) >= 11 is 0. The molecule has 0 aromatic carbocycles. The van der Waals surface area contributed by atoms with Crippen molar-refractivity contribution in [2.24, 2.45) is 17.8 Å². The molecule has 3 rings (SSSR count). The molecule has 0 aromatic heterocycles. The van der Waals surface area contributed by atoms with Crippen LogP contribution in [0.3, 0.4) is 0 Å². The molecule has 0 radical (unpaired) electrons. The van der Waals surface area contributed by atoms with Gasteiger partial charge in [-0.25, -0.2) is 0 Å². The van der Waals surface area contributed by atoms with Crippen LogP contribution in [-0.4, -0.2) is 152 Å². The average Bonchev–Trinajstić information content (AvgIpc) is 3.15. The quantitative estimate of drug-likeness (QED) is 0.144. The van der Waals surface area contributed by atoms with E-state index in [4.69, 9.17) is 42.6 Å². The third-order valence-corrected chi connectivity index (χ3v) is 11.4. The highest BCUT2D eigenvalue weighted by Crippen LogP contribution is 2.38. The van der Waals surface area contributed by atoms with Crippen LogP contribution in [0.5, 0.6) is 0 Å². The largest absolute Gasteiger partial charge is 0.462 e. The number of aliphatic hydroxyl groups is 2. The maximum absolute atomic E-state index is 13.4. The smallest absolute Gasteiger partial charge is 0.309 e. The summed E-state index contributed by atoms with van der Waals surface area (Å²) in [4.78, 5) is 66.1. The van der Waals surface area contributed by atoms with Crippen LogP contribution in [0.25, 0.3) is 0 Å². The standard InChI is InChI=1S/C45H73NO16/c1-13-34(50)59-42-38(46(10)11)39(61-37-24-45(9,53)43(29(7)56-37)60-35(51)21-25(2)3)28(6)57-44(42)62-40-31(19-20-47)22-26(4)32(49)18-16-14-15-17-27(5)55-36(52)23-33(41(40)54-12)58-30(8)48/h14-16,18,20,25-29,31-33,37-44,49,53H,13,17,19,21-24H2,1-12H3/t26-,27-,28?,29+,31+,32+,33-,37?,38+,39-,40?,41+,42-,43+,44?,45-/m1/s1. The third kappa shape index (κ3) is 15.5. The zero-order valence-corrected chi connectivity index (χ0v) is 38.6. The van der Waals surface area contributed by atoms with Crippen LogP contribution in [0.2, 0.25) is 0 Å². The maximum Gasteiger partial charge on any atom is 0.309 e. The second-order valence-electron chi connectivity index (χ2n) is 17.8. The van der Waals surface area contributed by atoms with Crippen molar-refractivity contribution in [3.05, 3.63) is 24.3 Å². The molecule has 2 N–H and O–H groups in total. The fraction of sp³-hybridized carbons (Fsp3) is 0.800. The van der Waals surface area contributed by atoms with Crippen molar-refractivity contribution in [2.45, 2.75) is 193 Å². The van der Waals surface area contributed by atoms with Crippen LogP contribution in [0.15, 0.2) is 24.3 Å². The number of cyclic esters (lactones) is 1. The lowest BCUT2D eigenvalue weighted by molar-refractivity contribution is -0.345. The van der Waals surface area contributed by atoms with E-state index in [2.05, 4.69) is 0 Å². The lowest BCUT2D eigenvalue weighted by Crippen LogP contribution is -2.66. The molecule has 0 amide bonds. The Labute approximate surface area is 367 Å². The van der Waals surface area contributed by atoms with Gasteiger partial charge in [-0.3, -0.25) is 19.2 Å². The molecule has 0 bridgehead atoms. The van der Waals surface area contributed by atoms with E-state index in [1.54, 1.807) is 77.9 Å². The molecular weight excluding hydrogens is 810 g/mol. The number of rotatable bonds is 14. The van der Waals surface area contributed by atoms with Crippen LogP contribution in [-0.2, 0) is 66.6 Å². The number of likely N-dealkylation sites (N-methyl/N-ethyl adjacent to an activating group) is 1. The first-order chi connectivity index (χ1) is 29.1. The van der Waals surface area contributed by atoms with E-state index in [0.717, 1.165) is 0 Å². The molecule has 2 saturated heterocycles. The number of esters is 4. The lowest BCUT2D eigenvalue weighted by Gasteiger charge is -2.51. The summed E-state index contributed by atoms with van der Waals surface area (Å²) in [5, 5.41) is 22.8. The van der Waals surface area contributed by atoms with Crippen molar-refractivity contribution in [2.75, 3.05) is 21.2 Å². The van der Waals surface area contributed by atoms with E-state index < -0.39 is 127 Å². The van der Waals surface area contributed by atoms with Gasteiger partial charge in [-0.1, -0.05) is 52.0 Å². The molecule has 0 aromatic rings. The molecule has 3 aliphatic rings. The number of hydrogen-bond acceptors (Lipinski definition) is 17. The van der Waals surface area contributed by atoms with Crippen molar-refractivity contribution >= 4 is 30.2 Å². The summed E-state index contributed by atoms with van der Waals surface area (Å²) in [6.45, 7) is 15.1. The average molecular weight is 884 g/mol. The first-order valence-electron chi connectivity index (χ1n) is 21.9. The number of nitrogens with zero attached hydrogens (tertiary/aromatic N) is 1. The normalized spacial score (nSPS) is 37.7. The van der Waals surface area contributed by atoms with E-state index in [1.165, 1.54) is 14.0 Å². The molecule has 354 valence electrons. The van der Waals surface area contributed by atoms with Crippen LogP contribution in [0.1, 0.15) is 107 Å². The predicted octanol–water partition coefficient (Wildman–Crippen LogP) is 3.97. The van der Waals surface area contributed by atoms with Gasteiger partial charge >= 0.3 is 23.9 Å². The van der Waals surface area contributed by atoms with Gasteiger partial charge in [0.15, 0.2) is 24.8 Å². The Kier molecular flexibility index (Phi) is 21.1. The van der Waals surface area contributed by atoms with E-state index >= 15 is 0 Å². The first-order valence-corrected chi connectivity index (χ1v) is 21.9. The highest BCUT2D eigenvalue weighted by molar-refractivity contribution is 5.72. The molecule has 17 heteroatoms. The number of carbonyl (C=O) groups is 5. The molecule has 0 spiro atoms. The summed E-state index contributed by atoms with van der Waals surface area (Å²) < 4.78 is 55.5. The predicted molar refractivity (Wildman–Crippen MR) is 224 cm³/mol. The summed E-state index contributed by atoms with van der Waals surface area (Å²) in [5.74, 6) is -3.52. The van der Waals surface area contributed by atoms with Gasteiger partial charge in [0.2, 0.25) is 0 Å².